The Labute approximate surface area is 89.7 Å². The molecule has 2 rings (SSSR count). The summed E-state index contributed by atoms with van der Waals surface area (Å²) in [6.45, 7) is 0.863. The molecule has 0 atom stereocenters. The van der Waals surface area contributed by atoms with Gasteiger partial charge in [-0.3, -0.25) is 4.98 Å². The summed E-state index contributed by atoms with van der Waals surface area (Å²) in [4.78, 5) is 4.24. The van der Waals surface area contributed by atoms with Crippen LogP contribution in [0.5, 0.6) is 0 Å². The Hall–Kier alpha value is -0.600. The highest BCUT2D eigenvalue weighted by Crippen LogP contribution is 2.18. The number of halogens is 1. The molecule has 0 radical (unpaired) electrons. The Morgan fingerprint density at radius 3 is 2.79 bits per heavy atom. The van der Waals surface area contributed by atoms with Crippen molar-refractivity contribution >= 4 is 11.6 Å². The lowest BCUT2D eigenvalue weighted by molar-refractivity contribution is 0.519. The van der Waals surface area contributed by atoms with Gasteiger partial charge in [0.15, 0.2) is 0 Å². The first kappa shape index (κ1) is 9.94. The number of hydrogen-bond donors (Lipinski definition) is 1. The number of rotatable bonds is 3. The Kier molecular flexibility index (Phi) is 3.38. The van der Waals surface area contributed by atoms with E-state index in [-0.39, 0.29) is 0 Å². The van der Waals surface area contributed by atoms with E-state index in [1.807, 2.05) is 12.1 Å². The van der Waals surface area contributed by atoms with Crippen LogP contribution in [0.3, 0.4) is 0 Å². The number of aromatic nitrogens is 1. The van der Waals surface area contributed by atoms with Crippen molar-refractivity contribution in [1.29, 1.82) is 0 Å². The lowest BCUT2D eigenvalue weighted by Crippen LogP contribution is -2.25. The standard InChI is InChI=1S/C11H15ClN2/c12-9-5-6-11(13-7-9)8-14-10-3-1-2-4-10/h5-7,10,14H,1-4,8H2. The molecule has 1 aromatic heterocycles. The fourth-order valence-electron chi connectivity index (χ4n) is 1.89. The fourth-order valence-corrected chi connectivity index (χ4v) is 2.00. The van der Waals surface area contributed by atoms with Gasteiger partial charge in [0, 0.05) is 18.8 Å². The highest BCUT2D eigenvalue weighted by atomic mass is 35.5. The molecule has 1 aromatic rings. The molecule has 14 heavy (non-hydrogen) atoms. The second kappa shape index (κ2) is 4.76. The molecule has 0 spiro atoms. The predicted molar refractivity (Wildman–Crippen MR) is 58.3 cm³/mol. The zero-order chi connectivity index (χ0) is 9.80. The first-order valence-corrected chi connectivity index (χ1v) is 5.56. The van der Waals surface area contributed by atoms with Crippen molar-refractivity contribution in [3.8, 4) is 0 Å². The molecule has 0 unspecified atom stereocenters. The smallest absolute Gasteiger partial charge is 0.0589 e. The summed E-state index contributed by atoms with van der Waals surface area (Å²) >= 11 is 5.76. The summed E-state index contributed by atoms with van der Waals surface area (Å²) < 4.78 is 0. The summed E-state index contributed by atoms with van der Waals surface area (Å²) in [6, 6.07) is 4.57. The monoisotopic (exact) mass is 210 g/mol. The molecule has 1 heterocycles. The molecular weight excluding hydrogens is 196 g/mol. The Morgan fingerprint density at radius 1 is 1.36 bits per heavy atom. The minimum atomic E-state index is 0.701. The summed E-state index contributed by atoms with van der Waals surface area (Å²) in [5.41, 5.74) is 1.07. The van der Waals surface area contributed by atoms with Gasteiger partial charge in [0.1, 0.15) is 0 Å². The second-order valence-electron chi connectivity index (χ2n) is 3.83. The van der Waals surface area contributed by atoms with E-state index in [1.54, 1.807) is 6.20 Å². The Morgan fingerprint density at radius 2 is 2.14 bits per heavy atom. The van der Waals surface area contributed by atoms with Gasteiger partial charge < -0.3 is 5.32 Å². The first-order valence-electron chi connectivity index (χ1n) is 5.18. The van der Waals surface area contributed by atoms with Gasteiger partial charge in [-0.25, -0.2) is 0 Å². The normalized spacial score (nSPS) is 17.5. The minimum Gasteiger partial charge on any atom is -0.308 e. The maximum Gasteiger partial charge on any atom is 0.0589 e. The van der Waals surface area contributed by atoms with Crippen LogP contribution in [0.4, 0.5) is 0 Å². The summed E-state index contributed by atoms with van der Waals surface area (Å²) in [7, 11) is 0. The largest absolute Gasteiger partial charge is 0.308 e. The quantitative estimate of drug-likeness (QED) is 0.830. The van der Waals surface area contributed by atoms with E-state index in [0.717, 1.165) is 12.2 Å². The van der Waals surface area contributed by atoms with E-state index in [4.69, 9.17) is 11.6 Å². The lowest BCUT2D eigenvalue weighted by Gasteiger charge is -2.10. The first-order chi connectivity index (χ1) is 6.84. The molecule has 0 aromatic carbocycles. The van der Waals surface area contributed by atoms with Gasteiger partial charge in [-0.05, 0) is 25.0 Å². The third-order valence-corrected chi connectivity index (χ3v) is 2.94. The zero-order valence-corrected chi connectivity index (χ0v) is 8.93. The summed E-state index contributed by atoms with van der Waals surface area (Å²) in [5.74, 6) is 0. The van der Waals surface area contributed by atoms with Gasteiger partial charge in [-0.2, -0.15) is 0 Å². The van der Waals surface area contributed by atoms with Gasteiger partial charge in [0.25, 0.3) is 0 Å². The van der Waals surface area contributed by atoms with Crippen molar-refractivity contribution in [1.82, 2.24) is 10.3 Å². The van der Waals surface area contributed by atoms with E-state index in [2.05, 4.69) is 10.3 Å². The van der Waals surface area contributed by atoms with Gasteiger partial charge in [0.05, 0.1) is 10.7 Å². The Bertz CT molecular complexity index is 278. The van der Waals surface area contributed by atoms with Crippen LogP contribution in [0.15, 0.2) is 18.3 Å². The van der Waals surface area contributed by atoms with Crippen LogP contribution in [0.25, 0.3) is 0 Å². The Balaban J connectivity index is 1.82. The van der Waals surface area contributed by atoms with E-state index >= 15 is 0 Å². The maximum atomic E-state index is 5.76. The highest BCUT2D eigenvalue weighted by molar-refractivity contribution is 6.30. The van der Waals surface area contributed by atoms with E-state index in [0.29, 0.717) is 11.1 Å². The van der Waals surface area contributed by atoms with Crippen LogP contribution in [0.1, 0.15) is 31.4 Å². The van der Waals surface area contributed by atoms with Crippen molar-refractivity contribution in [2.45, 2.75) is 38.3 Å². The van der Waals surface area contributed by atoms with E-state index in [9.17, 15) is 0 Å². The zero-order valence-electron chi connectivity index (χ0n) is 8.17. The van der Waals surface area contributed by atoms with Crippen molar-refractivity contribution < 1.29 is 0 Å². The van der Waals surface area contributed by atoms with Gasteiger partial charge in [0.2, 0.25) is 0 Å². The number of hydrogen-bond acceptors (Lipinski definition) is 2. The highest BCUT2D eigenvalue weighted by Gasteiger charge is 2.13. The summed E-state index contributed by atoms with van der Waals surface area (Å²) in [5, 5.41) is 4.22. The van der Waals surface area contributed by atoms with Crippen LogP contribution in [-0.2, 0) is 6.54 Å². The summed E-state index contributed by atoms with van der Waals surface area (Å²) in [6.07, 6.45) is 7.06. The molecule has 0 aliphatic heterocycles. The molecule has 1 saturated carbocycles. The van der Waals surface area contributed by atoms with Gasteiger partial charge in [-0.1, -0.05) is 24.4 Å². The van der Waals surface area contributed by atoms with Crippen LogP contribution in [-0.4, -0.2) is 11.0 Å². The average molecular weight is 211 g/mol. The molecule has 1 N–H and O–H groups in total. The van der Waals surface area contributed by atoms with Crippen molar-refractivity contribution in [2.24, 2.45) is 0 Å². The van der Waals surface area contributed by atoms with Crippen molar-refractivity contribution in [2.75, 3.05) is 0 Å². The molecule has 1 fully saturated rings. The molecule has 0 amide bonds. The predicted octanol–water partition coefficient (Wildman–Crippen LogP) is 2.77. The molecule has 3 heteroatoms. The third-order valence-electron chi connectivity index (χ3n) is 2.72. The topological polar surface area (TPSA) is 24.9 Å². The third kappa shape index (κ3) is 2.69. The molecule has 1 aliphatic carbocycles. The van der Waals surface area contributed by atoms with Crippen LogP contribution >= 0.6 is 11.6 Å². The van der Waals surface area contributed by atoms with Gasteiger partial charge >= 0.3 is 0 Å². The molecule has 1 aliphatic rings. The van der Waals surface area contributed by atoms with Crippen molar-refractivity contribution in [3.63, 3.8) is 0 Å². The lowest BCUT2D eigenvalue weighted by atomic mass is 10.2. The van der Waals surface area contributed by atoms with Crippen LogP contribution in [0.2, 0.25) is 5.02 Å². The molecule has 76 valence electrons. The van der Waals surface area contributed by atoms with E-state index in [1.165, 1.54) is 25.7 Å². The SMILES string of the molecule is Clc1ccc(CNC2CCCC2)nc1. The van der Waals surface area contributed by atoms with Crippen molar-refractivity contribution in [3.05, 3.63) is 29.0 Å². The minimum absolute atomic E-state index is 0.701. The average Bonchev–Trinajstić information content (AvgIpc) is 2.70. The number of nitrogens with zero attached hydrogens (tertiary/aromatic N) is 1. The van der Waals surface area contributed by atoms with E-state index < -0.39 is 0 Å². The number of nitrogens with one attached hydrogen (secondary N) is 1. The van der Waals surface area contributed by atoms with Gasteiger partial charge in [-0.15, -0.1) is 0 Å². The molecule has 2 nitrogen and oxygen atoms in total. The fraction of sp³-hybridized carbons (Fsp3) is 0.545. The second-order valence-corrected chi connectivity index (χ2v) is 4.27. The molecular formula is C11H15ClN2. The molecule has 0 saturated heterocycles. The van der Waals surface area contributed by atoms with Crippen LogP contribution in [0, 0.1) is 0 Å². The maximum absolute atomic E-state index is 5.76. The number of pyridine rings is 1. The van der Waals surface area contributed by atoms with Crippen LogP contribution < -0.4 is 5.32 Å². The molecule has 0 bridgehead atoms.